The predicted molar refractivity (Wildman–Crippen MR) is 59.7 cm³/mol. The van der Waals surface area contributed by atoms with Crippen molar-refractivity contribution in [3.05, 3.63) is 0 Å². The Morgan fingerprint density at radius 3 is 2.08 bits per heavy atom. The van der Waals surface area contributed by atoms with Gasteiger partial charge in [0.25, 0.3) is 0 Å². The zero-order valence-electron chi connectivity index (χ0n) is 9.31. The number of hydrogen-bond acceptors (Lipinski definition) is 1. The van der Waals surface area contributed by atoms with E-state index < -0.39 is 0 Å². The van der Waals surface area contributed by atoms with Crippen LogP contribution in [0.5, 0.6) is 0 Å². The topological polar surface area (TPSA) is 17.1 Å². The third-order valence-electron chi connectivity index (χ3n) is 2.39. The van der Waals surface area contributed by atoms with Crippen LogP contribution in [0.3, 0.4) is 0 Å². The van der Waals surface area contributed by atoms with Crippen LogP contribution in [0, 0.1) is 0 Å². The van der Waals surface area contributed by atoms with E-state index in [-0.39, 0.29) is 5.16 Å². The maximum absolute atomic E-state index is 10.7. The van der Waals surface area contributed by atoms with Crippen LogP contribution in [0.1, 0.15) is 65.7 Å². The first-order valence-electron chi connectivity index (χ1n) is 5.47. The molecule has 0 N–H and O–H groups in total. The smallest absolute Gasteiger partial charge is 0.161 e. The Morgan fingerprint density at radius 1 is 1.00 bits per heavy atom. The predicted octanol–water partition coefficient (Wildman–Crippen LogP) is 4.81. The molecule has 0 aliphatic carbocycles. The van der Waals surface area contributed by atoms with Crippen molar-refractivity contribution in [2.75, 3.05) is 0 Å². The highest BCUT2D eigenvalue weighted by atomic mass is 31.1. The van der Waals surface area contributed by atoms with Crippen molar-refractivity contribution in [2.45, 2.75) is 70.9 Å². The largest absolute Gasteiger partial charge is 0.274 e. The minimum absolute atomic E-state index is 0.00472. The molecule has 0 saturated carbocycles. The van der Waals surface area contributed by atoms with Gasteiger partial charge in [-0.1, -0.05) is 45.4 Å². The van der Waals surface area contributed by atoms with Gasteiger partial charge in [-0.05, 0) is 20.3 Å². The Balaban J connectivity index is 3.20. The van der Waals surface area contributed by atoms with Crippen LogP contribution < -0.4 is 0 Å². The Labute approximate surface area is 84.5 Å². The minimum atomic E-state index is 0.00472. The molecule has 0 radical (unpaired) electrons. The van der Waals surface area contributed by atoms with Crippen molar-refractivity contribution in [1.82, 2.24) is 0 Å². The SMILES string of the molecule is CCCCCCCCC(C)(C)P=O. The van der Waals surface area contributed by atoms with E-state index in [0.29, 0.717) is 8.46 Å². The van der Waals surface area contributed by atoms with Gasteiger partial charge >= 0.3 is 0 Å². The van der Waals surface area contributed by atoms with Gasteiger partial charge in [-0.3, -0.25) is 4.57 Å². The molecule has 0 aliphatic heterocycles. The molecule has 78 valence electrons. The zero-order valence-corrected chi connectivity index (χ0v) is 10.2. The minimum Gasteiger partial charge on any atom is -0.274 e. The second-order valence-electron chi connectivity index (χ2n) is 4.42. The average molecular weight is 202 g/mol. The summed E-state index contributed by atoms with van der Waals surface area (Å²) in [6.07, 6.45) is 9.01. The molecule has 0 rings (SSSR count). The summed E-state index contributed by atoms with van der Waals surface area (Å²) in [5, 5.41) is 0.00472. The molecular formula is C11H23OP. The Bertz CT molecular complexity index is 132. The van der Waals surface area contributed by atoms with Crippen LogP contribution in [-0.2, 0) is 4.57 Å². The van der Waals surface area contributed by atoms with Gasteiger partial charge in [0.2, 0.25) is 0 Å². The monoisotopic (exact) mass is 202 g/mol. The Kier molecular flexibility index (Phi) is 7.56. The van der Waals surface area contributed by atoms with E-state index in [9.17, 15) is 4.57 Å². The molecule has 0 aromatic rings. The molecule has 0 saturated heterocycles. The lowest BCUT2D eigenvalue weighted by Gasteiger charge is -2.14. The standard InChI is InChI=1S/C11H23OP/c1-4-5-6-7-8-9-10-11(2,3)13-12/h4-10H2,1-3H3. The van der Waals surface area contributed by atoms with Gasteiger partial charge in [0.05, 0.1) is 0 Å². The van der Waals surface area contributed by atoms with Gasteiger partial charge in [0, 0.05) is 5.16 Å². The van der Waals surface area contributed by atoms with Crippen molar-refractivity contribution in [3.8, 4) is 0 Å². The number of hydrogen-bond donors (Lipinski definition) is 0. The summed E-state index contributed by atoms with van der Waals surface area (Å²) in [7, 11) is 0.296. The van der Waals surface area contributed by atoms with E-state index in [1.54, 1.807) is 0 Å². The van der Waals surface area contributed by atoms with Gasteiger partial charge in [-0.25, -0.2) is 0 Å². The van der Waals surface area contributed by atoms with E-state index in [2.05, 4.69) is 20.8 Å². The van der Waals surface area contributed by atoms with Gasteiger partial charge in [-0.15, -0.1) is 0 Å². The summed E-state index contributed by atoms with van der Waals surface area (Å²) in [5.41, 5.74) is 0. The quantitative estimate of drug-likeness (QED) is 0.408. The summed E-state index contributed by atoms with van der Waals surface area (Å²) < 4.78 is 10.7. The highest BCUT2D eigenvalue weighted by Gasteiger charge is 2.16. The highest BCUT2D eigenvalue weighted by Crippen LogP contribution is 2.28. The van der Waals surface area contributed by atoms with E-state index in [4.69, 9.17) is 0 Å². The summed E-state index contributed by atoms with van der Waals surface area (Å²) in [6, 6.07) is 0. The van der Waals surface area contributed by atoms with E-state index in [1.807, 2.05) is 0 Å². The molecule has 0 spiro atoms. The van der Waals surface area contributed by atoms with Gasteiger partial charge in [-0.2, -0.15) is 0 Å². The van der Waals surface area contributed by atoms with Crippen molar-refractivity contribution in [3.63, 3.8) is 0 Å². The molecule has 13 heavy (non-hydrogen) atoms. The fourth-order valence-corrected chi connectivity index (χ4v) is 1.63. The molecule has 0 heterocycles. The van der Waals surface area contributed by atoms with Crippen LogP contribution in [0.15, 0.2) is 0 Å². The van der Waals surface area contributed by atoms with Crippen LogP contribution >= 0.6 is 8.46 Å². The third kappa shape index (κ3) is 8.43. The zero-order chi connectivity index (χ0) is 10.2. The van der Waals surface area contributed by atoms with Crippen molar-refractivity contribution >= 4 is 8.46 Å². The van der Waals surface area contributed by atoms with Crippen LogP contribution in [0.2, 0.25) is 0 Å². The van der Waals surface area contributed by atoms with Crippen LogP contribution in [0.4, 0.5) is 0 Å². The molecule has 0 bridgehead atoms. The summed E-state index contributed by atoms with van der Waals surface area (Å²) in [6.45, 7) is 6.36. The first-order valence-corrected chi connectivity index (χ1v) is 6.28. The van der Waals surface area contributed by atoms with E-state index >= 15 is 0 Å². The fraction of sp³-hybridized carbons (Fsp3) is 1.00. The molecule has 0 aliphatic rings. The Morgan fingerprint density at radius 2 is 1.54 bits per heavy atom. The second-order valence-corrected chi connectivity index (χ2v) is 5.81. The van der Waals surface area contributed by atoms with Crippen molar-refractivity contribution in [1.29, 1.82) is 0 Å². The first-order chi connectivity index (χ1) is 6.12. The first kappa shape index (κ1) is 13.1. The second kappa shape index (κ2) is 7.50. The molecule has 0 aromatic heterocycles. The van der Waals surface area contributed by atoms with Crippen LogP contribution in [-0.4, -0.2) is 5.16 Å². The van der Waals surface area contributed by atoms with Crippen LogP contribution in [0.25, 0.3) is 0 Å². The molecule has 2 heteroatoms. The molecule has 0 unspecified atom stereocenters. The lowest BCUT2D eigenvalue weighted by atomic mass is 10.0. The molecule has 1 nitrogen and oxygen atoms in total. The number of rotatable bonds is 8. The Hall–Kier alpha value is 0.100. The van der Waals surface area contributed by atoms with E-state index in [0.717, 1.165) is 6.42 Å². The molecule has 0 amide bonds. The van der Waals surface area contributed by atoms with Gasteiger partial charge < -0.3 is 0 Å². The molecular weight excluding hydrogens is 179 g/mol. The summed E-state index contributed by atoms with van der Waals surface area (Å²) in [4.78, 5) is 0. The summed E-state index contributed by atoms with van der Waals surface area (Å²) >= 11 is 0. The van der Waals surface area contributed by atoms with E-state index in [1.165, 1.54) is 38.5 Å². The maximum Gasteiger partial charge on any atom is 0.161 e. The number of unbranched alkanes of at least 4 members (excludes halogenated alkanes) is 5. The van der Waals surface area contributed by atoms with Crippen molar-refractivity contribution < 1.29 is 4.57 Å². The fourth-order valence-electron chi connectivity index (χ4n) is 1.38. The average Bonchev–Trinajstić information content (AvgIpc) is 2.11. The lowest BCUT2D eigenvalue weighted by Crippen LogP contribution is -2.09. The van der Waals surface area contributed by atoms with Crippen molar-refractivity contribution in [2.24, 2.45) is 0 Å². The van der Waals surface area contributed by atoms with Gasteiger partial charge in [0.1, 0.15) is 0 Å². The molecule has 0 aromatic carbocycles. The maximum atomic E-state index is 10.7. The lowest BCUT2D eigenvalue weighted by molar-refractivity contribution is 0.516. The molecule has 0 fully saturated rings. The molecule has 0 atom stereocenters. The van der Waals surface area contributed by atoms with Gasteiger partial charge in [0.15, 0.2) is 8.46 Å². The third-order valence-corrected chi connectivity index (χ3v) is 3.11. The summed E-state index contributed by atoms with van der Waals surface area (Å²) in [5.74, 6) is 0. The normalized spacial score (nSPS) is 12.2. The highest BCUT2D eigenvalue weighted by molar-refractivity contribution is 7.25.